The molecule has 0 saturated carbocycles. The number of anilines is 1. The van der Waals surface area contributed by atoms with Gasteiger partial charge in [-0.1, -0.05) is 61.0 Å². The van der Waals surface area contributed by atoms with Crippen molar-refractivity contribution in [3.63, 3.8) is 0 Å². The van der Waals surface area contributed by atoms with Gasteiger partial charge < -0.3 is 14.2 Å². The number of rotatable bonds is 4. The second kappa shape index (κ2) is 7.82. The quantitative estimate of drug-likeness (QED) is 0.404. The topological polar surface area (TPSA) is 70.8 Å². The Morgan fingerprint density at radius 2 is 1.63 bits per heavy atom. The molecule has 2 aliphatic heterocycles. The molecule has 0 bridgehead atoms. The Morgan fingerprint density at radius 3 is 2.40 bits per heavy atom. The average molecular weight is 485 g/mol. The van der Waals surface area contributed by atoms with Gasteiger partial charge in [0, 0.05) is 17.1 Å². The first-order valence-electron chi connectivity index (χ1n) is 11.5. The third-order valence-corrected chi connectivity index (χ3v) is 7.10. The van der Waals surface area contributed by atoms with E-state index in [4.69, 9.17) is 16.0 Å². The zero-order valence-electron chi connectivity index (χ0n) is 19.0. The molecule has 7 heteroatoms. The fraction of sp³-hybridized carbons (Fsp3) is 0.179. The minimum Gasteiger partial charge on any atom is -0.450 e. The minimum atomic E-state index is -1.57. The SMILES string of the molecule is CCCN1C(=O)c2oc3ccccc3c(=O)c2C12C(=O)N(Cc1ccc(Cl)cc1)c1ccccc12. The fourth-order valence-electron chi connectivity index (χ4n) is 5.39. The molecule has 0 aliphatic carbocycles. The van der Waals surface area contributed by atoms with Crippen LogP contribution in [0.4, 0.5) is 5.69 Å². The summed E-state index contributed by atoms with van der Waals surface area (Å²) >= 11 is 6.06. The van der Waals surface area contributed by atoms with Crippen LogP contribution in [0.3, 0.4) is 0 Å². The van der Waals surface area contributed by atoms with E-state index in [1.807, 2.05) is 43.3 Å². The van der Waals surface area contributed by atoms with Gasteiger partial charge in [-0.05, 0) is 42.3 Å². The van der Waals surface area contributed by atoms with Crippen molar-refractivity contribution in [1.82, 2.24) is 4.90 Å². The molecule has 0 N–H and O–H groups in total. The molecular weight excluding hydrogens is 464 g/mol. The van der Waals surface area contributed by atoms with E-state index in [9.17, 15) is 14.4 Å². The highest BCUT2D eigenvalue weighted by atomic mass is 35.5. The predicted octanol–water partition coefficient (Wildman–Crippen LogP) is 5.10. The van der Waals surface area contributed by atoms with Crippen LogP contribution in [0.5, 0.6) is 0 Å². The van der Waals surface area contributed by atoms with Gasteiger partial charge in [0.15, 0.2) is 11.0 Å². The summed E-state index contributed by atoms with van der Waals surface area (Å²) in [4.78, 5) is 45.3. The summed E-state index contributed by atoms with van der Waals surface area (Å²) in [7, 11) is 0. The van der Waals surface area contributed by atoms with E-state index in [1.54, 1.807) is 41.3 Å². The highest BCUT2D eigenvalue weighted by Gasteiger charge is 2.64. The Bertz CT molecular complexity index is 1580. The normalized spacial score (nSPS) is 18.6. The number of fused-ring (bicyclic) bond motifs is 5. The first-order valence-corrected chi connectivity index (χ1v) is 11.9. The molecule has 0 saturated heterocycles. The second-order valence-corrected chi connectivity index (χ2v) is 9.27. The number of hydrogen-bond donors (Lipinski definition) is 0. The molecule has 3 aromatic carbocycles. The van der Waals surface area contributed by atoms with Crippen molar-refractivity contribution in [2.24, 2.45) is 0 Å². The maximum absolute atomic E-state index is 14.5. The summed E-state index contributed by atoms with van der Waals surface area (Å²) in [5.41, 5.74) is 0.664. The molecule has 1 aromatic heterocycles. The molecule has 1 atom stereocenters. The van der Waals surface area contributed by atoms with Crippen molar-refractivity contribution in [3.8, 4) is 0 Å². The summed E-state index contributed by atoms with van der Waals surface area (Å²) in [6.07, 6.45) is 0.613. The summed E-state index contributed by atoms with van der Waals surface area (Å²) < 4.78 is 6.01. The maximum Gasteiger partial charge on any atom is 0.291 e. The third-order valence-electron chi connectivity index (χ3n) is 6.84. The molecule has 4 aromatic rings. The lowest BCUT2D eigenvalue weighted by atomic mass is 9.84. The van der Waals surface area contributed by atoms with Crippen molar-refractivity contribution in [2.75, 3.05) is 11.4 Å². The molecule has 35 heavy (non-hydrogen) atoms. The zero-order chi connectivity index (χ0) is 24.3. The first-order chi connectivity index (χ1) is 17.0. The molecule has 2 amide bonds. The molecule has 1 unspecified atom stereocenters. The van der Waals surface area contributed by atoms with Gasteiger partial charge in [-0.25, -0.2) is 0 Å². The monoisotopic (exact) mass is 484 g/mol. The summed E-state index contributed by atoms with van der Waals surface area (Å²) in [6, 6.07) is 21.5. The van der Waals surface area contributed by atoms with Crippen molar-refractivity contribution in [2.45, 2.75) is 25.4 Å². The number of carbonyl (C=O) groups is 2. The van der Waals surface area contributed by atoms with Crippen LogP contribution < -0.4 is 10.3 Å². The van der Waals surface area contributed by atoms with Gasteiger partial charge >= 0.3 is 0 Å². The number of benzene rings is 3. The Balaban J connectivity index is 1.64. The Hall–Kier alpha value is -3.90. The van der Waals surface area contributed by atoms with Crippen molar-refractivity contribution in [3.05, 3.63) is 110 Å². The number of nitrogens with zero attached hydrogens (tertiary/aromatic N) is 2. The van der Waals surface area contributed by atoms with Gasteiger partial charge in [-0.2, -0.15) is 0 Å². The van der Waals surface area contributed by atoms with E-state index in [0.29, 0.717) is 40.2 Å². The lowest BCUT2D eigenvalue weighted by Gasteiger charge is -2.34. The highest BCUT2D eigenvalue weighted by molar-refractivity contribution is 6.30. The van der Waals surface area contributed by atoms with E-state index in [1.165, 1.54) is 4.90 Å². The summed E-state index contributed by atoms with van der Waals surface area (Å²) in [5.74, 6) is -0.836. The van der Waals surface area contributed by atoms with Crippen molar-refractivity contribution < 1.29 is 14.0 Å². The molecule has 0 fully saturated rings. The number of para-hydroxylation sites is 2. The van der Waals surface area contributed by atoms with Crippen LogP contribution in [-0.4, -0.2) is 23.3 Å². The van der Waals surface area contributed by atoms with Crippen LogP contribution >= 0.6 is 11.6 Å². The Kier molecular flexibility index (Phi) is 4.83. The number of hydrogen-bond acceptors (Lipinski definition) is 4. The van der Waals surface area contributed by atoms with Crippen LogP contribution in [0.1, 0.15) is 40.6 Å². The van der Waals surface area contributed by atoms with E-state index >= 15 is 0 Å². The highest BCUT2D eigenvalue weighted by Crippen LogP contribution is 2.52. The molecule has 1 spiro atoms. The lowest BCUT2D eigenvalue weighted by Crippen LogP contribution is -2.53. The van der Waals surface area contributed by atoms with Crippen LogP contribution in [0, 0.1) is 0 Å². The largest absolute Gasteiger partial charge is 0.450 e. The smallest absolute Gasteiger partial charge is 0.291 e. The molecule has 6 nitrogen and oxygen atoms in total. The average Bonchev–Trinajstić information content (AvgIpc) is 3.26. The van der Waals surface area contributed by atoms with Gasteiger partial charge in [0.05, 0.1) is 23.2 Å². The molecule has 6 rings (SSSR count). The second-order valence-electron chi connectivity index (χ2n) is 8.83. The van der Waals surface area contributed by atoms with E-state index in [2.05, 4.69) is 0 Å². The van der Waals surface area contributed by atoms with Gasteiger partial charge in [0.1, 0.15) is 5.58 Å². The Morgan fingerprint density at radius 1 is 0.914 bits per heavy atom. The lowest BCUT2D eigenvalue weighted by molar-refractivity contribution is -0.126. The standard InChI is InChI=1S/C28H21ClN2O4/c1-2-15-31-26(33)25-23(24(32)19-7-3-6-10-22(19)35-25)28(31)20-8-4-5-9-21(20)30(27(28)34)16-17-11-13-18(29)14-12-17/h3-14H,2,15-16H2,1H3. The van der Waals surface area contributed by atoms with Crippen LogP contribution in [0.15, 0.2) is 82.0 Å². The zero-order valence-corrected chi connectivity index (χ0v) is 19.7. The first kappa shape index (κ1) is 21.6. The van der Waals surface area contributed by atoms with Crippen molar-refractivity contribution >= 4 is 40.1 Å². The van der Waals surface area contributed by atoms with Crippen LogP contribution in [0.25, 0.3) is 11.0 Å². The molecular formula is C28H21ClN2O4. The number of halogens is 1. The van der Waals surface area contributed by atoms with Crippen LogP contribution in [-0.2, 0) is 16.9 Å². The van der Waals surface area contributed by atoms with Gasteiger partial charge in [0.2, 0.25) is 5.76 Å². The summed E-state index contributed by atoms with van der Waals surface area (Å²) in [5, 5.41) is 0.950. The summed E-state index contributed by atoms with van der Waals surface area (Å²) in [6.45, 7) is 2.51. The van der Waals surface area contributed by atoms with E-state index < -0.39 is 11.4 Å². The van der Waals surface area contributed by atoms with Crippen molar-refractivity contribution in [1.29, 1.82) is 0 Å². The molecule has 174 valence electrons. The van der Waals surface area contributed by atoms with Gasteiger partial charge in [0.25, 0.3) is 11.8 Å². The van der Waals surface area contributed by atoms with Gasteiger partial charge in [-0.3, -0.25) is 14.4 Å². The van der Waals surface area contributed by atoms with Gasteiger partial charge in [-0.15, -0.1) is 0 Å². The fourth-order valence-corrected chi connectivity index (χ4v) is 5.52. The van der Waals surface area contributed by atoms with E-state index in [-0.39, 0.29) is 29.2 Å². The predicted molar refractivity (Wildman–Crippen MR) is 134 cm³/mol. The maximum atomic E-state index is 14.5. The number of carbonyl (C=O) groups excluding carboxylic acids is 2. The molecule has 0 radical (unpaired) electrons. The Labute approximate surface area is 206 Å². The number of amides is 2. The molecule has 2 aliphatic rings. The third kappa shape index (κ3) is 2.86. The van der Waals surface area contributed by atoms with Crippen LogP contribution in [0.2, 0.25) is 5.02 Å². The molecule has 3 heterocycles. The van der Waals surface area contributed by atoms with E-state index in [0.717, 1.165) is 5.56 Å². The minimum absolute atomic E-state index is 0.0568.